The van der Waals surface area contributed by atoms with Crippen molar-refractivity contribution in [3.05, 3.63) is 21.9 Å². The molecule has 2 fully saturated rings. The van der Waals surface area contributed by atoms with E-state index in [-0.39, 0.29) is 5.60 Å². The molecule has 0 radical (unpaired) electrons. The standard InChI is InChI=1S/C16H26N2OS/c1-12-9-18(11-16(2,3)19-12)10-15-7-6-14(20-15)8-17-13-4-5-13/h6-7,12-13,17H,4-5,8-11H2,1-3H3. The number of thiophene rings is 1. The van der Waals surface area contributed by atoms with Gasteiger partial charge in [0.15, 0.2) is 0 Å². The van der Waals surface area contributed by atoms with E-state index in [1.807, 2.05) is 11.3 Å². The molecule has 1 aromatic heterocycles. The van der Waals surface area contributed by atoms with E-state index >= 15 is 0 Å². The van der Waals surface area contributed by atoms with Crippen LogP contribution < -0.4 is 5.32 Å². The lowest BCUT2D eigenvalue weighted by atomic mass is 10.1. The first-order valence-corrected chi connectivity index (χ1v) is 8.53. The lowest BCUT2D eigenvalue weighted by Gasteiger charge is -2.41. The summed E-state index contributed by atoms with van der Waals surface area (Å²) in [7, 11) is 0. The van der Waals surface area contributed by atoms with Crippen LogP contribution >= 0.6 is 11.3 Å². The topological polar surface area (TPSA) is 24.5 Å². The van der Waals surface area contributed by atoms with Gasteiger partial charge in [0.25, 0.3) is 0 Å². The highest BCUT2D eigenvalue weighted by atomic mass is 32.1. The smallest absolute Gasteiger partial charge is 0.0757 e. The van der Waals surface area contributed by atoms with Gasteiger partial charge in [-0.3, -0.25) is 4.90 Å². The van der Waals surface area contributed by atoms with Crippen molar-refractivity contribution in [3.8, 4) is 0 Å². The van der Waals surface area contributed by atoms with Crippen LogP contribution in [0.3, 0.4) is 0 Å². The van der Waals surface area contributed by atoms with Gasteiger partial charge in [-0.15, -0.1) is 11.3 Å². The molecule has 0 amide bonds. The maximum absolute atomic E-state index is 5.97. The van der Waals surface area contributed by atoms with E-state index in [1.54, 1.807) is 0 Å². The monoisotopic (exact) mass is 294 g/mol. The fourth-order valence-corrected chi connectivity index (χ4v) is 4.07. The zero-order chi connectivity index (χ0) is 14.2. The minimum atomic E-state index is -0.0225. The van der Waals surface area contributed by atoms with Crippen LogP contribution in [0.25, 0.3) is 0 Å². The number of morpholine rings is 1. The number of nitrogens with one attached hydrogen (secondary N) is 1. The molecule has 1 N–H and O–H groups in total. The predicted octanol–water partition coefficient (Wildman–Crippen LogP) is 3.00. The highest BCUT2D eigenvalue weighted by Crippen LogP contribution is 2.25. The highest BCUT2D eigenvalue weighted by molar-refractivity contribution is 7.11. The molecule has 20 heavy (non-hydrogen) atoms. The van der Waals surface area contributed by atoms with Crippen molar-refractivity contribution in [2.45, 2.75) is 64.4 Å². The largest absolute Gasteiger partial charge is 0.370 e. The molecule has 1 aliphatic heterocycles. The Labute approximate surface area is 126 Å². The van der Waals surface area contributed by atoms with E-state index in [4.69, 9.17) is 4.74 Å². The Morgan fingerprint density at radius 1 is 1.35 bits per heavy atom. The molecule has 112 valence electrons. The van der Waals surface area contributed by atoms with Crippen molar-refractivity contribution in [1.82, 2.24) is 10.2 Å². The molecule has 3 rings (SSSR count). The van der Waals surface area contributed by atoms with Crippen LogP contribution in [-0.2, 0) is 17.8 Å². The van der Waals surface area contributed by atoms with Crippen LogP contribution in [0.15, 0.2) is 12.1 Å². The van der Waals surface area contributed by atoms with E-state index in [1.165, 1.54) is 22.6 Å². The Kier molecular flexibility index (Phi) is 4.18. The maximum atomic E-state index is 5.97. The summed E-state index contributed by atoms with van der Waals surface area (Å²) in [5, 5.41) is 3.59. The zero-order valence-electron chi connectivity index (χ0n) is 12.8. The van der Waals surface area contributed by atoms with Gasteiger partial charge < -0.3 is 10.1 Å². The van der Waals surface area contributed by atoms with Gasteiger partial charge in [0.05, 0.1) is 11.7 Å². The summed E-state index contributed by atoms with van der Waals surface area (Å²) >= 11 is 1.95. The third kappa shape index (κ3) is 4.04. The molecule has 1 aromatic rings. The Balaban J connectivity index is 1.53. The second kappa shape index (κ2) is 5.76. The van der Waals surface area contributed by atoms with Crippen LogP contribution in [0, 0.1) is 0 Å². The first-order chi connectivity index (χ1) is 9.50. The molecular weight excluding hydrogens is 268 g/mol. The van der Waals surface area contributed by atoms with Crippen LogP contribution in [0.4, 0.5) is 0 Å². The molecule has 1 aliphatic carbocycles. The normalized spacial score (nSPS) is 26.9. The summed E-state index contributed by atoms with van der Waals surface area (Å²) in [4.78, 5) is 5.47. The summed E-state index contributed by atoms with van der Waals surface area (Å²) in [6.07, 6.45) is 3.05. The SMILES string of the molecule is CC1CN(Cc2ccc(CNC3CC3)s2)CC(C)(C)O1. The minimum Gasteiger partial charge on any atom is -0.370 e. The average molecular weight is 294 g/mol. The predicted molar refractivity (Wildman–Crippen MR) is 84.1 cm³/mol. The fraction of sp³-hybridized carbons (Fsp3) is 0.750. The maximum Gasteiger partial charge on any atom is 0.0757 e. The number of rotatable bonds is 5. The lowest BCUT2D eigenvalue weighted by Crippen LogP contribution is -2.51. The molecule has 0 spiro atoms. The Hall–Kier alpha value is -0.420. The number of ether oxygens (including phenoxy) is 1. The molecule has 1 saturated carbocycles. The molecule has 4 heteroatoms. The third-order valence-electron chi connectivity index (χ3n) is 3.88. The van der Waals surface area contributed by atoms with Crippen molar-refractivity contribution >= 4 is 11.3 Å². The van der Waals surface area contributed by atoms with Crippen LogP contribution in [0.1, 0.15) is 43.4 Å². The van der Waals surface area contributed by atoms with Crippen molar-refractivity contribution < 1.29 is 4.74 Å². The van der Waals surface area contributed by atoms with E-state index in [2.05, 4.69) is 43.1 Å². The third-order valence-corrected chi connectivity index (χ3v) is 4.95. The Morgan fingerprint density at radius 2 is 2.10 bits per heavy atom. The van der Waals surface area contributed by atoms with Crippen LogP contribution in [0.2, 0.25) is 0 Å². The van der Waals surface area contributed by atoms with E-state index in [0.29, 0.717) is 6.10 Å². The van der Waals surface area contributed by atoms with Crippen molar-refractivity contribution in [1.29, 1.82) is 0 Å². The van der Waals surface area contributed by atoms with Crippen LogP contribution in [-0.4, -0.2) is 35.7 Å². The second-order valence-electron chi connectivity index (χ2n) is 6.88. The molecule has 0 aromatic carbocycles. The quantitative estimate of drug-likeness (QED) is 0.903. The van der Waals surface area contributed by atoms with Gasteiger partial charge in [0.1, 0.15) is 0 Å². The lowest BCUT2D eigenvalue weighted by molar-refractivity contribution is -0.130. The van der Waals surface area contributed by atoms with Gasteiger partial charge in [-0.25, -0.2) is 0 Å². The zero-order valence-corrected chi connectivity index (χ0v) is 13.6. The van der Waals surface area contributed by atoms with Gasteiger partial charge in [-0.05, 0) is 45.7 Å². The highest BCUT2D eigenvalue weighted by Gasteiger charge is 2.31. The van der Waals surface area contributed by atoms with Gasteiger partial charge in [-0.1, -0.05) is 0 Å². The fourth-order valence-electron chi connectivity index (χ4n) is 3.06. The van der Waals surface area contributed by atoms with Crippen molar-refractivity contribution in [2.24, 2.45) is 0 Å². The Morgan fingerprint density at radius 3 is 2.80 bits per heavy atom. The summed E-state index contributed by atoms with van der Waals surface area (Å²) < 4.78 is 5.97. The number of hydrogen-bond donors (Lipinski definition) is 1. The van der Waals surface area contributed by atoms with Gasteiger partial charge in [0, 0.05) is 42.0 Å². The van der Waals surface area contributed by atoms with Crippen molar-refractivity contribution in [3.63, 3.8) is 0 Å². The molecular formula is C16H26N2OS. The molecule has 3 nitrogen and oxygen atoms in total. The first-order valence-electron chi connectivity index (χ1n) is 7.71. The molecule has 1 unspecified atom stereocenters. The molecule has 1 atom stereocenters. The summed E-state index contributed by atoms with van der Waals surface area (Å²) in [5.74, 6) is 0. The molecule has 2 heterocycles. The summed E-state index contributed by atoms with van der Waals surface area (Å²) in [6, 6.07) is 5.37. The van der Waals surface area contributed by atoms with Gasteiger partial charge in [-0.2, -0.15) is 0 Å². The number of hydrogen-bond acceptors (Lipinski definition) is 4. The van der Waals surface area contributed by atoms with E-state index in [9.17, 15) is 0 Å². The van der Waals surface area contributed by atoms with E-state index < -0.39 is 0 Å². The molecule has 1 saturated heterocycles. The first kappa shape index (κ1) is 14.5. The average Bonchev–Trinajstić information content (AvgIpc) is 3.05. The Bertz CT molecular complexity index is 453. The van der Waals surface area contributed by atoms with Crippen molar-refractivity contribution in [2.75, 3.05) is 13.1 Å². The second-order valence-corrected chi connectivity index (χ2v) is 8.13. The van der Waals surface area contributed by atoms with Crippen LogP contribution in [0.5, 0.6) is 0 Å². The van der Waals surface area contributed by atoms with E-state index in [0.717, 1.165) is 32.2 Å². The van der Waals surface area contributed by atoms with Gasteiger partial charge >= 0.3 is 0 Å². The summed E-state index contributed by atoms with van der Waals surface area (Å²) in [5.41, 5.74) is -0.0225. The summed E-state index contributed by atoms with van der Waals surface area (Å²) in [6.45, 7) is 10.7. The molecule has 2 aliphatic rings. The molecule has 0 bridgehead atoms. The van der Waals surface area contributed by atoms with Gasteiger partial charge in [0.2, 0.25) is 0 Å². The number of nitrogens with zero attached hydrogens (tertiary/aromatic N) is 1. The minimum absolute atomic E-state index is 0.0225.